The fourth-order valence-corrected chi connectivity index (χ4v) is 0.122. The molecule has 0 radical (unpaired) electrons. The zero-order chi connectivity index (χ0) is 5.91. The Kier molecular flexibility index (Phi) is 5.75. The van der Waals surface area contributed by atoms with E-state index in [4.69, 9.17) is 10.2 Å². The minimum absolute atomic E-state index is 0. The molecule has 6 heteroatoms. The summed E-state index contributed by atoms with van der Waals surface area (Å²) in [5, 5.41) is 7.71. The summed E-state index contributed by atoms with van der Waals surface area (Å²) in [4.78, 5) is 8.10. The monoisotopic (exact) mass is 129 g/mol. The van der Waals surface area contributed by atoms with Crippen LogP contribution in [0.4, 0.5) is 0 Å². The van der Waals surface area contributed by atoms with E-state index in [-0.39, 0.29) is 18.9 Å². The van der Waals surface area contributed by atoms with Crippen molar-refractivity contribution < 1.29 is 14.0 Å². The summed E-state index contributed by atoms with van der Waals surface area (Å²) in [6.07, 6.45) is 0. The molecule has 0 rings (SSSR count). The first kappa shape index (κ1) is 11.1. The summed E-state index contributed by atoms with van der Waals surface area (Å²) in [7, 11) is -2.84. The number of rotatable bonds is 1. The molecule has 0 fully saturated rings. The molecule has 8 heavy (non-hydrogen) atoms. The normalized spacial score (nSPS) is 15.1. The predicted molar refractivity (Wildman–Crippen MR) is 29.6 cm³/mol. The third-order valence-electron chi connectivity index (χ3n) is 0.374. The summed E-state index contributed by atoms with van der Waals surface area (Å²) in [6.45, 7) is 0. The molecule has 0 aromatic heterocycles. The Bertz CT molecular complexity index is 141. The molecule has 4 nitrogen and oxygen atoms in total. The standard InChI is InChI=1S/C2H4NO3P.Li.H/c1-6-7(4,5)2-3;;/h1H3,(H,4,5);;. The Morgan fingerprint density at radius 3 is 2.25 bits per heavy atom. The average Bonchev–Trinajstić information content (AvgIpc) is 1.68. The molecule has 0 spiro atoms. The molecular formula is C2H5LiNO3P. The van der Waals surface area contributed by atoms with Gasteiger partial charge in [0, 0.05) is 7.11 Å². The molecular weight excluding hydrogens is 124 g/mol. The number of nitrogens with zero attached hydrogens (tertiary/aromatic N) is 1. The fourth-order valence-electron chi connectivity index (χ4n) is 0.0408. The van der Waals surface area contributed by atoms with E-state index >= 15 is 0 Å². The van der Waals surface area contributed by atoms with Gasteiger partial charge >= 0.3 is 26.5 Å². The van der Waals surface area contributed by atoms with Gasteiger partial charge in [-0.05, 0) is 0 Å². The van der Waals surface area contributed by atoms with Crippen LogP contribution in [0.2, 0.25) is 0 Å². The van der Waals surface area contributed by atoms with Crippen molar-refractivity contribution in [2.24, 2.45) is 0 Å². The Morgan fingerprint density at radius 2 is 2.25 bits per heavy atom. The van der Waals surface area contributed by atoms with Crippen molar-refractivity contribution in [3.05, 3.63) is 0 Å². The second kappa shape index (κ2) is 4.15. The molecule has 1 unspecified atom stereocenters. The quantitative estimate of drug-likeness (QED) is 0.388. The van der Waals surface area contributed by atoms with Crippen LogP contribution in [0.3, 0.4) is 0 Å². The zero-order valence-corrected chi connectivity index (χ0v) is 4.55. The second-order valence-corrected chi connectivity index (χ2v) is 2.41. The fraction of sp³-hybridized carbons (Fsp3) is 0.500. The molecule has 0 saturated carbocycles. The molecule has 1 atom stereocenters. The van der Waals surface area contributed by atoms with Crippen LogP contribution in [0.15, 0.2) is 0 Å². The van der Waals surface area contributed by atoms with Crippen molar-refractivity contribution in [3.8, 4) is 5.81 Å². The van der Waals surface area contributed by atoms with Crippen molar-refractivity contribution in [1.82, 2.24) is 0 Å². The Hall–Kier alpha value is 0.237. The Labute approximate surface area is 59.2 Å². The van der Waals surface area contributed by atoms with Gasteiger partial charge < -0.3 is 9.42 Å². The van der Waals surface area contributed by atoms with E-state index in [1.807, 2.05) is 0 Å². The van der Waals surface area contributed by atoms with Crippen LogP contribution in [-0.2, 0) is 9.09 Å². The van der Waals surface area contributed by atoms with Crippen LogP contribution in [-0.4, -0.2) is 30.9 Å². The maximum absolute atomic E-state index is 9.92. The average molecular weight is 129 g/mol. The van der Waals surface area contributed by atoms with Gasteiger partial charge in [-0.3, -0.25) is 0 Å². The van der Waals surface area contributed by atoms with Gasteiger partial charge in [0.25, 0.3) is 0 Å². The van der Waals surface area contributed by atoms with E-state index in [1.165, 1.54) is 0 Å². The minimum atomic E-state index is -3.85. The predicted octanol–water partition coefficient (Wildman–Crippen LogP) is -0.349. The van der Waals surface area contributed by atoms with Gasteiger partial charge in [0.2, 0.25) is 0 Å². The Morgan fingerprint density at radius 1 is 1.88 bits per heavy atom. The molecule has 1 N–H and O–H groups in total. The van der Waals surface area contributed by atoms with Crippen molar-refractivity contribution in [1.29, 1.82) is 5.26 Å². The van der Waals surface area contributed by atoms with Gasteiger partial charge in [-0.25, -0.2) is 4.57 Å². The summed E-state index contributed by atoms with van der Waals surface area (Å²) in [5.41, 5.74) is 0. The first-order valence-corrected chi connectivity index (χ1v) is 3.00. The maximum atomic E-state index is 9.92. The van der Waals surface area contributed by atoms with E-state index in [1.54, 1.807) is 0 Å². The van der Waals surface area contributed by atoms with Crippen molar-refractivity contribution in [3.63, 3.8) is 0 Å². The second-order valence-electron chi connectivity index (χ2n) is 0.803. The van der Waals surface area contributed by atoms with Crippen LogP contribution >= 0.6 is 7.60 Å². The van der Waals surface area contributed by atoms with E-state index in [9.17, 15) is 4.57 Å². The third-order valence-corrected chi connectivity index (χ3v) is 1.12. The van der Waals surface area contributed by atoms with Crippen LogP contribution in [0.25, 0.3) is 0 Å². The van der Waals surface area contributed by atoms with E-state index < -0.39 is 7.60 Å². The van der Waals surface area contributed by atoms with Gasteiger partial charge in [0.05, 0.1) is 0 Å². The summed E-state index contributed by atoms with van der Waals surface area (Å²) < 4.78 is 13.8. The van der Waals surface area contributed by atoms with E-state index in [2.05, 4.69) is 4.52 Å². The van der Waals surface area contributed by atoms with Crippen LogP contribution in [0.5, 0.6) is 0 Å². The SMILES string of the molecule is COP(=O)(O)C#N.[LiH]. The topological polar surface area (TPSA) is 70.3 Å². The summed E-state index contributed by atoms with van der Waals surface area (Å²) >= 11 is 0. The first-order chi connectivity index (χ1) is 3.12. The zero-order valence-electron chi connectivity index (χ0n) is 3.66. The number of hydrogen-bond donors (Lipinski definition) is 1. The molecule has 0 aliphatic heterocycles. The van der Waals surface area contributed by atoms with Crippen LogP contribution in [0.1, 0.15) is 0 Å². The molecule has 42 valence electrons. The van der Waals surface area contributed by atoms with Gasteiger partial charge in [-0.15, -0.1) is 0 Å². The molecule has 0 amide bonds. The molecule has 0 aromatic carbocycles. The van der Waals surface area contributed by atoms with Crippen molar-refractivity contribution in [2.75, 3.05) is 7.11 Å². The summed E-state index contributed by atoms with van der Waals surface area (Å²) in [6, 6.07) is 0. The van der Waals surface area contributed by atoms with Crippen LogP contribution in [0, 0.1) is 11.1 Å². The molecule has 0 bridgehead atoms. The van der Waals surface area contributed by atoms with Gasteiger partial charge in [-0.1, -0.05) is 0 Å². The molecule has 0 aromatic rings. The van der Waals surface area contributed by atoms with Crippen LogP contribution < -0.4 is 0 Å². The van der Waals surface area contributed by atoms with E-state index in [0.29, 0.717) is 0 Å². The van der Waals surface area contributed by atoms with Crippen molar-refractivity contribution >= 4 is 26.5 Å². The van der Waals surface area contributed by atoms with Crippen molar-refractivity contribution in [2.45, 2.75) is 0 Å². The molecule has 0 saturated heterocycles. The molecule has 0 heterocycles. The third kappa shape index (κ3) is 4.40. The molecule has 0 aliphatic rings. The Balaban J connectivity index is 0. The van der Waals surface area contributed by atoms with Gasteiger partial charge in [0.1, 0.15) is 0 Å². The van der Waals surface area contributed by atoms with E-state index in [0.717, 1.165) is 12.9 Å². The molecule has 0 aliphatic carbocycles. The summed E-state index contributed by atoms with van der Waals surface area (Å²) in [5.74, 6) is 1.08. The number of nitriles is 1. The van der Waals surface area contributed by atoms with Gasteiger partial charge in [0.15, 0.2) is 5.81 Å². The van der Waals surface area contributed by atoms with Gasteiger partial charge in [-0.2, -0.15) is 5.26 Å². The first-order valence-electron chi connectivity index (χ1n) is 1.42. The number of hydrogen-bond acceptors (Lipinski definition) is 3.